The Bertz CT molecular complexity index is 569. The van der Waals surface area contributed by atoms with Gasteiger partial charge in [-0.2, -0.15) is 0 Å². The minimum atomic E-state index is -3.38. The van der Waals surface area contributed by atoms with Crippen LogP contribution in [-0.4, -0.2) is 21.0 Å². The van der Waals surface area contributed by atoms with Crippen molar-refractivity contribution in [1.29, 1.82) is 0 Å². The van der Waals surface area contributed by atoms with Gasteiger partial charge in [-0.15, -0.1) is 0 Å². The fourth-order valence-electron chi connectivity index (χ4n) is 2.38. The first-order chi connectivity index (χ1) is 9.47. The molecule has 2 rings (SSSR count). The monoisotopic (exact) mass is 296 g/mol. The summed E-state index contributed by atoms with van der Waals surface area (Å²) in [4.78, 5) is 0.373. The highest BCUT2D eigenvalue weighted by Gasteiger charge is 2.38. The van der Waals surface area contributed by atoms with Crippen LogP contribution in [0.15, 0.2) is 23.1 Å². The molecule has 2 unspecified atom stereocenters. The van der Waals surface area contributed by atoms with Crippen LogP contribution >= 0.6 is 0 Å². The standard InChI is InChI=1S/C15H24N2O2S/c1-4-12-9-15(12)17-20(18,19)14-7-6-11(3)13(8-14)10-16-5-2/h6-8,12,15-17H,4-5,9-10H2,1-3H3. The van der Waals surface area contributed by atoms with Crippen molar-refractivity contribution < 1.29 is 8.42 Å². The summed E-state index contributed by atoms with van der Waals surface area (Å²) in [6.07, 6.45) is 2.00. The van der Waals surface area contributed by atoms with E-state index in [0.717, 1.165) is 30.5 Å². The van der Waals surface area contributed by atoms with Gasteiger partial charge in [0.05, 0.1) is 4.90 Å². The van der Waals surface area contributed by atoms with Crippen molar-refractivity contribution in [2.24, 2.45) is 5.92 Å². The van der Waals surface area contributed by atoms with Gasteiger partial charge in [-0.25, -0.2) is 13.1 Å². The lowest BCUT2D eigenvalue weighted by Crippen LogP contribution is -2.27. The third kappa shape index (κ3) is 3.59. The minimum Gasteiger partial charge on any atom is -0.313 e. The van der Waals surface area contributed by atoms with E-state index in [0.29, 0.717) is 17.4 Å². The van der Waals surface area contributed by atoms with Gasteiger partial charge in [0, 0.05) is 12.6 Å². The van der Waals surface area contributed by atoms with Crippen LogP contribution in [0.1, 0.15) is 37.8 Å². The first-order valence-electron chi connectivity index (χ1n) is 7.30. The zero-order valence-corrected chi connectivity index (χ0v) is 13.3. The van der Waals surface area contributed by atoms with E-state index in [-0.39, 0.29) is 6.04 Å². The molecule has 0 heterocycles. The molecule has 1 aromatic rings. The van der Waals surface area contributed by atoms with E-state index in [2.05, 4.69) is 17.0 Å². The smallest absolute Gasteiger partial charge is 0.240 e. The van der Waals surface area contributed by atoms with Crippen LogP contribution in [0, 0.1) is 12.8 Å². The molecule has 1 fully saturated rings. The maximum atomic E-state index is 12.3. The Labute approximate surface area is 122 Å². The average molecular weight is 296 g/mol. The molecule has 1 saturated carbocycles. The lowest BCUT2D eigenvalue weighted by atomic mass is 10.1. The van der Waals surface area contributed by atoms with Gasteiger partial charge >= 0.3 is 0 Å². The Morgan fingerprint density at radius 3 is 2.65 bits per heavy atom. The summed E-state index contributed by atoms with van der Waals surface area (Å²) in [6, 6.07) is 5.48. The number of hydrogen-bond acceptors (Lipinski definition) is 3. The van der Waals surface area contributed by atoms with E-state index in [1.165, 1.54) is 0 Å². The van der Waals surface area contributed by atoms with Crippen molar-refractivity contribution in [3.8, 4) is 0 Å². The molecule has 2 atom stereocenters. The number of hydrogen-bond donors (Lipinski definition) is 2. The van der Waals surface area contributed by atoms with Crippen LogP contribution in [0.4, 0.5) is 0 Å². The predicted octanol–water partition coefficient (Wildman–Crippen LogP) is 2.18. The Hall–Kier alpha value is -0.910. The van der Waals surface area contributed by atoms with Crippen LogP contribution < -0.4 is 10.0 Å². The highest BCUT2D eigenvalue weighted by molar-refractivity contribution is 7.89. The molecule has 112 valence electrons. The van der Waals surface area contributed by atoms with Gasteiger partial charge in [0.1, 0.15) is 0 Å². The van der Waals surface area contributed by atoms with Gasteiger partial charge in [-0.1, -0.05) is 26.3 Å². The summed E-state index contributed by atoms with van der Waals surface area (Å²) in [5, 5.41) is 3.24. The summed E-state index contributed by atoms with van der Waals surface area (Å²) in [7, 11) is -3.38. The molecular weight excluding hydrogens is 272 g/mol. The van der Waals surface area contributed by atoms with E-state index in [4.69, 9.17) is 0 Å². The zero-order valence-electron chi connectivity index (χ0n) is 12.4. The molecule has 0 saturated heterocycles. The van der Waals surface area contributed by atoms with Crippen LogP contribution in [0.3, 0.4) is 0 Å². The van der Waals surface area contributed by atoms with Crippen LogP contribution in [-0.2, 0) is 16.6 Å². The summed E-state index contributed by atoms with van der Waals surface area (Å²) < 4.78 is 27.5. The molecular formula is C15H24N2O2S. The molecule has 0 bridgehead atoms. The Morgan fingerprint density at radius 1 is 1.30 bits per heavy atom. The molecule has 1 aliphatic rings. The van der Waals surface area contributed by atoms with Crippen molar-refractivity contribution in [3.05, 3.63) is 29.3 Å². The summed E-state index contributed by atoms with van der Waals surface area (Å²) >= 11 is 0. The van der Waals surface area contributed by atoms with Crippen molar-refractivity contribution >= 4 is 10.0 Å². The van der Waals surface area contributed by atoms with Crippen molar-refractivity contribution in [2.75, 3.05) is 6.54 Å². The molecule has 5 heteroatoms. The maximum absolute atomic E-state index is 12.3. The van der Waals surface area contributed by atoms with Gasteiger partial charge in [0.2, 0.25) is 10.0 Å². The Morgan fingerprint density at radius 2 is 2.05 bits per heavy atom. The number of sulfonamides is 1. The topological polar surface area (TPSA) is 58.2 Å². The lowest BCUT2D eigenvalue weighted by molar-refractivity contribution is 0.575. The number of nitrogens with one attached hydrogen (secondary N) is 2. The highest BCUT2D eigenvalue weighted by Crippen LogP contribution is 2.34. The molecule has 0 radical (unpaired) electrons. The van der Waals surface area contributed by atoms with Crippen molar-refractivity contribution in [1.82, 2.24) is 10.0 Å². The van der Waals surface area contributed by atoms with Crippen LogP contribution in [0.5, 0.6) is 0 Å². The molecule has 0 amide bonds. The van der Waals surface area contributed by atoms with E-state index in [9.17, 15) is 8.42 Å². The van der Waals surface area contributed by atoms with Crippen molar-refractivity contribution in [3.63, 3.8) is 0 Å². The largest absolute Gasteiger partial charge is 0.313 e. The second-order valence-electron chi connectivity index (χ2n) is 5.50. The van der Waals surface area contributed by atoms with Crippen LogP contribution in [0.25, 0.3) is 0 Å². The molecule has 1 aliphatic carbocycles. The van der Waals surface area contributed by atoms with Gasteiger partial charge in [-0.3, -0.25) is 0 Å². The second-order valence-corrected chi connectivity index (χ2v) is 7.21. The minimum absolute atomic E-state index is 0.128. The second kappa shape index (κ2) is 6.24. The SMILES string of the molecule is CCNCc1cc(S(=O)(=O)NC2CC2CC)ccc1C. The molecule has 0 aromatic heterocycles. The summed E-state index contributed by atoms with van der Waals surface area (Å²) in [5.41, 5.74) is 2.15. The average Bonchev–Trinajstić information content (AvgIpc) is 3.15. The summed E-state index contributed by atoms with van der Waals surface area (Å²) in [6.45, 7) is 7.71. The van der Waals surface area contributed by atoms with Crippen LogP contribution in [0.2, 0.25) is 0 Å². The van der Waals surface area contributed by atoms with E-state index in [1.54, 1.807) is 12.1 Å². The first kappa shape index (κ1) is 15.5. The van der Waals surface area contributed by atoms with Gasteiger partial charge in [-0.05, 0) is 49.1 Å². The third-order valence-corrected chi connectivity index (χ3v) is 5.44. The number of rotatable bonds is 7. The van der Waals surface area contributed by atoms with Crippen molar-refractivity contribution in [2.45, 2.75) is 51.1 Å². The first-order valence-corrected chi connectivity index (χ1v) is 8.78. The maximum Gasteiger partial charge on any atom is 0.240 e. The highest BCUT2D eigenvalue weighted by atomic mass is 32.2. The normalized spacial score (nSPS) is 21.9. The molecule has 2 N–H and O–H groups in total. The van der Waals surface area contributed by atoms with Gasteiger partial charge in [0.15, 0.2) is 0 Å². The zero-order chi connectivity index (χ0) is 14.8. The van der Waals surface area contributed by atoms with E-state index in [1.807, 2.05) is 19.9 Å². The third-order valence-electron chi connectivity index (χ3n) is 3.95. The fourth-order valence-corrected chi connectivity index (χ4v) is 3.74. The Balaban J connectivity index is 2.14. The number of benzene rings is 1. The number of aryl methyl sites for hydroxylation is 1. The molecule has 1 aromatic carbocycles. The molecule has 4 nitrogen and oxygen atoms in total. The van der Waals surface area contributed by atoms with Gasteiger partial charge < -0.3 is 5.32 Å². The van der Waals surface area contributed by atoms with E-state index < -0.39 is 10.0 Å². The Kier molecular flexibility index (Phi) is 4.83. The van der Waals surface area contributed by atoms with Gasteiger partial charge in [0.25, 0.3) is 0 Å². The molecule has 0 aliphatic heterocycles. The quantitative estimate of drug-likeness (QED) is 0.811. The predicted molar refractivity (Wildman–Crippen MR) is 81.1 cm³/mol. The van der Waals surface area contributed by atoms with E-state index >= 15 is 0 Å². The summed E-state index contributed by atoms with van der Waals surface area (Å²) in [5.74, 6) is 0.511. The molecule has 0 spiro atoms. The lowest BCUT2D eigenvalue weighted by Gasteiger charge is -2.11. The molecule has 20 heavy (non-hydrogen) atoms. The fraction of sp³-hybridized carbons (Fsp3) is 0.600.